The molecule has 4 heteroatoms. The predicted octanol–water partition coefficient (Wildman–Crippen LogP) is 10.6. The normalized spacial score (nSPS) is 12.7. The maximum Gasteiger partial charge on any atom is 0.343 e. The van der Waals surface area contributed by atoms with E-state index in [9.17, 15) is 4.79 Å². The highest BCUT2D eigenvalue weighted by atomic mass is 16.5. The molecule has 0 aliphatic heterocycles. The fourth-order valence-electron chi connectivity index (χ4n) is 4.81. The smallest absolute Gasteiger partial charge is 0.343 e. The molecule has 0 saturated carbocycles. The lowest BCUT2D eigenvalue weighted by molar-refractivity contribution is 0.0626. The van der Waals surface area contributed by atoms with E-state index in [4.69, 9.17) is 14.2 Å². The van der Waals surface area contributed by atoms with Crippen LogP contribution in [0.4, 0.5) is 0 Å². The number of unbranched alkanes of at least 4 members (excludes halogenated alkanes) is 10. The maximum absolute atomic E-state index is 12.7. The Morgan fingerprint density at radius 2 is 1.21 bits per heavy atom. The third kappa shape index (κ3) is 14.0. The largest absolute Gasteiger partial charge is 0.490 e. The zero-order valence-electron chi connectivity index (χ0n) is 25.2. The van der Waals surface area contributed by atoms with E-state index in [2.05, 4.69) is 27.7 Å². The van der Waals surface area contributed by atoms with Crippen molar-refractivity contribution in [2.45, 2.75) is 136 Å². The van der Waals surface area contributed by atoms with Gasteiger partial charge in [-0.3, -0.25) is 0 Å². The summed E-state index contributed by atoms with van der Waals surface area (Å²) in [5.74, 6) is 0.997. The van der Waals surface area contributed by atoms with Crippen LogP contribution in [0.1, 0.15) is 146 Å². The molecule has 2 unspecified atom stereocenters. The van der Waals surface area contributed by atoms with Gasteiger partial charge in [0.2, 0.25) is 0 Å². The van der Waals surface area contributed by atoms with E-state index in [1.165, 1.54) is 70.6 Å². The molecule has 2 atom stereocenters. The van der Waals surface area contributed by atoms with Gasteiger partial charge in [-0.1, -0.05) is 104 Å². The number of hydrogen-bond acceptors (Lipinski definition) is 4. The lowest BCUT2D eigenvalue weighted by Crippen LogP contribution is -2.16. The molecule has 0 aromatic heterocycles. The molecule has 0 N–H and O–H groups in total. The number of ether oxygens (including phenoxy) is 3. The first-order chi connectivity index (χ1) is 19.1. The second-order valence-electron chi connectivity index (χ2n) is 10.8. The number of hydrogen-bond donors (Lipinski definition) is 0. The van der Waals surface area contributed by atoms with Crippen LogP contribution in [0.15, 0.2) is 48.5 Å². The lowest BCUT2D eigenvalue weighted by atomic mass is 10.0. The molecule has 0 amide bonds. The molecule has 218 valence electrons. The van der Waals surface area contributed by atoms with Gasteiger partial charge in [-0.2, -0.15) is 0 Å². The van der Waals surface area contributed by atoms with Gasteiger partial charge in [0.05, 0.1) is 17.8 Å². The van der Waals surface area contributed by atoms with Crippen molar-refractivity contribution in [3.05, 3.63) is 59.7 Å². The first-order valence-corrected chi connectivity index (χ1v) is 15.8. The van der Waals surface area contributed by atoms with Crippen LogP contribution in [0.5, 0.6) is 11.5 Å². The van der Waals surface area contributed by atoms with Crippen molar-refractivity contribution in [3.8, 4) is 11.5 Å². The summed E-state index contributed by atoms with van der Waals surface area (Å²) in [6.07, 6.45) is 18.8. The Hall–Kier alpha value is -2.33. The second-order valence-corrected chi connectivity index (χ2v) is 10.8. The standard InChI is InChI=1S/C35H54O4/c1-5-8-10-12-14-16-19-32(18-7-3)38-33-24-26-34(27-25-33)39-35(36)31-22-20-30(21-23-31)29(4)37-28-17-15-13-11-9-6-2/h20-27,29,32H,5-19,28H2,1-4H3. The molecule has 0 bridgehead atoms. The minimum Gasteiger partial charge on any atom is -0.490 e. The van der Waals surface area contributed by atoms with Crippen molar-refractivity contribution in [1.29, 1.82) is 0 Å². The fraction of sp³-hybridized carbons (Fsp3) is 0.629. The van der Waals surface area contributed by atoms with Gasteiger partial charge in [-0.05, 0) is 74.6 Å². The lowest BCUT2D eigenvalue weighted by Gasteiger charge is -2.19. The quantitative estimate of drug-likeness (QED) is 0.0849. The van der Waals surface area contributed by atoms with Crippen molar-refractivity contribution < 1.29 is 19.0 Å². The molecule has 0 aliphatic rings. The van der Waals surface area contributed by atoms with Crippen LogP contribution in [0.25, 0.3) is 0 Å². The van der Waals surface area contributed by atoms with Crippen molar-refractivity contribution >= 4 is 5.97 Å². The van der Waals surface area contributed by atoms with Gasteiger partial charge in [0.15, 0.2) is 0 Å². The molecule has 0 aliphatic carbocycles. The van der Waals surface area contributed by atoms with Gasteiger partial charge in [-0.25, -0.2) is 4.79 Å². The molecule has 0 heterocycles. The van der Waals surface area contributed by atoms with Gasteiger partial charge in [0.25, 0.3) is 0 Å². The Balaban J connectivity index is 1.76. The van der Waals surface area contributed by atoms with Gasteiger partial charge in [0, 0.05) is 6.61 Å². The van der Waals surface area contributed by atoms with E-state index in [1.54, 1.807) is 0 Å². The highest BCUT2D eigenvalue weighted by molar-refractivity contribution is 5.91. The average molecular weight is 539 g/mol. The minimum atomic E-state index is -0.359. The number of carbonyl (C=O) groups is 1. The number of esters is 1. The summed E-state index contributed by atoms with van der Waals surface area (Å²) in [4.78, 5) is 12.7. The van der Waals surface area contributed by atoms with Gasteiger partial charge in [0.1, 0.15) is 11.5 Å². The molecule has 0 spiro atoms. The summed E-state index contributed by atoms with van der Waals surface area (Å²) in [5, 5.41) is 0. The van der Waals surface area contributed by atoms with E-state index in [0.717, 1.165) is 43.6 Å². The Morgan fingerprint density at radius 1 is 0.641 bits per heavy atom. The zero-order chi connectivity index (χ0) is 28.1. The highest BCUT2D eigenvalue weighted by Gasteiger charge is 2.13. The summed E-state index contributed by atoms with van der Waals surface area (Å²) in [5.41, 5.74) is 1.60. The van der Waals surface area contributed by atoms with Gasteiger partial charge < -0.3 is 14.2 Å². The molecular weight excluding hydrogens is 484 g/mol. The molecule has 4 nitrogen and oxygen atoms in total. The van der Waals surface area contributed by atoms with Crippen molar-refractivity contribution in [2.24, 2.45) is 0 Å². The maximum atomic E-state index is 12.7. The van der Waals surface area contributed by atoms with Crippen LogP contribution in [0.2, 0.25) is 0 Å². The van der Waals surface area contributed by atoms with Crippen LogP contribution < -0.4 is 9.47 Å². The van der Waals surface area contributed by atoms with E-state index < -0.39 is 0 Å². The summed E-state index contributed by atoms with van der Waals surface area (Å²) < 4.78 is 17.9. The monoisotopic (exact) mass is 538 g/mol. The fourth-order valence-corrected chi connectivity index (χ4v) is 4.81. The second kappa shape index (κ2) is 20.6. The third-order valence-electron chi connectivity index (χ3n) is 7.31. The first-order valence-electron chi connectivity index (χ1n) is 15.8. The van der Waals surface area contributed by atoms with E-state index in [-0.39, 0.29) is 18.2 Å². The molecule has 39 heavy (non-hydrogen) atoms. The van der Waals surface area contributed by atoms with E-state index in [0.29, 0.717) is 11.3 Å². The zero-order valence-corrected chi connectivity index (χ0v) is 25.2. The van der Waals surface area contributed by atoms with Gasteiger partial charge in [-0.15, -0.1) is 0 Å². The van der Waals surface area contributed by atoms with E-state index >= 15 is 0 Å². The van der Waals surface area contributed by atoms with Crippen LogP contribution in [-0.2, 0) is 4.74 Å². The van der Waals surface area contributed by atoms with E-state index in [1.807, 2.05) is 48.5 Å². The SMILES string of the molecule is CCCCCCCCOC(C)c1ccc(C(=O)Oc2ccc(OC(CCC)CCCCCCCC)cc2)cc1. The average Bonchev–Trinajstić information content (AvgIpc) is 2.95. The van der Waals surface area contributed by atoms with Crippen LogP contribution in [-0.4, -0.2) is 18.7 Å². The molecule has 2 aromatic carbocycles. The third-order valence-corrected chi connectivity index (χ3v) is 7.31. The topological polar surface area (TPSA) is 44.8 Å². The molecule has 0 radical (unpaired) electrons. The summed E-state index contributed by atoms with van der Waals surface area (Å²) in [6, 6.07) is 15.0. The molecule has 0 fully saturated rings. The number of carbonyl (C=O) groups excluding carboxylic acids is 1. The Morgan fingerprint density at radius 3 is 1.82 bits per heavy atom. The predicted molar refractivity (Wildman–Crippen MR) is 163 cm³/mol. The van der Waals surface area contributed by atoms with Crippen LogP contribution in [0.3, 0.4) is 0 Å². The minimum absolute atomic E-state index is 0.0100. The molecular formula is C35H54O4. The summed E-state index contributed by atoms with van der Waals surface area (Å²) in [6.45, 7) is 9.53. The molecule has 2 aromatic rings. The van der Waals surface area contributed by atoms with Crippen molar-refractivity contribution in [1.82, 2.24) is 0 Å². The molecule has 0 saturated heterocycles. The van der Waals surface area contributed by atoms with Crippen LogP contribution in [0, 0.1) is 0 Å². The van der Waals surface area contributed by atoms with Crippen LogP contribution >= 0.6 is 0 Å². The number of benzene rings is 2. The van der Waals surface area contributed by atoms with Crippen molar-refractivity contribution in [2.75, 3.05) is 6.61 Å². The Bertz CT molecular complexity index is 875. The summed E-state index contributed by atoms with van der Waals surface area (Å²) in [7, 11) is 0. The van der Waals surface area contributed by atoms with Gasteiger partial charge >= 0.3 is 5.97 Å². The van der Waals surface area contributed by atoms with Crippen molar-refractivity contribution in [3.63, 3.8) is 0 Å². The summed E-state index contributed by atoms with van der Waals surface area (Å²) >= 11 is 0. The molecule has 2 rings (SSSR count). The highest BCUT2D eigenvalue weighted by Crippen LogP contribution is 2.24. The Labute approximate surface area is 238 Å². The Kier molecular flexibility index (Phi) is 17.3. The first kappa shape index (κ1) is 32.9. The number of rotatable bonds is 22.